The molecule has 0 nitrogen and oxygen atoms in total. The first kappa shape index (κ1) is 17.3. The van der Waals surface area contributed by atoms with E-state index in [1.807, 2.05) is 0 Å². The fraction of sp³-hybridized carbons (Fsp3) is 0.200. The van der Waals surface area contributed by atoms with Gasteiger partial charge in [0, 0.05) is 0 Å². The Labute approximate surface area is 158 Å². The Morgan fingerprint density at radius 3 is 1.96 bits per heavy atom. The quantitative estimate of drug-likeness (QED) is 0.364. The van der Waals surface area contributed by atoms with Crippen LogP contribution in [0.25, 0.3) is 5.57 Å². The van der Waals surface area contributed by atoms with Gasteiger partial charge in [0.1, 0.15) is 0 Å². The van der Waals surface area contributed by atoms with E-state index in [0.29, 0.717) is 0 Å². The third-order valence-electron chi connectivity index (χ3n) is 5.15. The molecule has 1 aliphatic carbocycles. The maximum atomic E-state index is 2.43. The molecule has 0 unspecified atom stereocenters. The van der Waals surface area contributed by atoms with Crippen molar-refractivity contribution in [2.24, 2.45) is 0 Å². The molecule has 0 N–H and O–H groups in total. The topological polar surface area (TPSA) is 0 Å². The monoisotopic (exact) mass is 356 g/mol. The highest BCUT2D eigenvalue weighted by Crippen LogP contribution is 2.36. The average molecular weight is 356 g/mol. The van der Waals surface area contributed by atoms with Crippen LogP contribution in [-0.4, -0.2) is 6.16 Å². The van der Waals surface area contributed by atoms with Gasteiger partial charge in [-0.05, 0) is 67.1 Å². The van der Waals surface area contributed by atoms with Crippen LogP contribution in [0.3, 0.4) is 0 Å². The smallest absolute Gasteiger partial charge is 0.00854 e. The predicted octanol–water partition coefficient (Wildman–Crippen LogP) is 5.93. The van der Waals surface area contributed by atoms with Crippen molar-refractivity contribution in [2.75, 3.05) is 6.16 Å². The van der Waals surface area contributed by atoms with Gasteiger partial charge in [-0.2, -0.15) is 0 Å². The molecule has 0 aromatic heterocycles. The van der Waals surface area contributed by atoms with Crippen molar-refractivity contribution in [3.05, 3.63) is 102 Å². The van der Waals surface area contributed by atoms with Gasteiger partial charge in [-0.1, -0.05) is 91.0 Å². The summed E-state index contributed by atoms with van der Waals surface area (Å²) in [6.07, 6.45) is 8.60. The number of fused-ring (bicyclic) bond motifs is 1. The fourth-order valence-electron chi connectivity index (χ4n) is 3.80. The Hall–Kier alpha value is -2.17. The molecule has 130 valence electrons. The van der Waals surface area contributed by atoms with E-state index >= 15 is 0 Å². The van der Waals surface area contributed by atoms with E-state index in [4.69, 9.17) is 0 Å². The average Bonchev–Trinajstić information content (AvgIpc) is 3.12. The fourth-order valence-corrected chi connectivity index (χ4v) is 6.22. The van der Waals surface area contributed by atoms with Gasteiger partial charge in [0.2, 0.25) is 0 Å². The third kappa shape index (κ3) is 3.97. The normalized spacial score (nSPS) is 12.9. The van der Waals surface area contributed by atoms with E-state index in [1.165, 1.54) is 47.2 Å². The Kier molecular flexibility index (Phi) is 5.62. The molecular formula is C25H25P. The van der Waals surface area contributed by atoms with Crippen molar-refractivity contribution < 1.29 is 0 Å². The SMILES string of the molecule is C1=C(CCCCP(c2ccccc2)c2ccccc2)c2ccccc2C1. The number of hydrogen-bond acceptors (Lipinski definition) is 0. The lowest BCUT2D eigenvalue weighted by molar-refractivity contribution is 0.831. The number of rotatable bonds is 7. The molecule has 0 saturated carbocycles. The highest BCUT2D eigenvalue weighted by Gasteiger charge is 2.15. The van der Waals surface area contributed by atoms with E-state index in [1.54, 1.807) is 5.57 Å². The van der Waals surface area contributed by atoms with Crippen molar-refractivity contribution >= 4 is 24.1 Å². The number of unbranched alkanes of at least 4 members (excludes halogenated alkanes) is 1. The summed E-state index contributed by atoms with van der Waals surface area (Å²) in [5.74, 6) is 0. The second-order valence-corrected chi connectivity index (χ2v) is 9.21. The second-order valence-electron chi connectivity index (χ2n) is 6.87. The first-order chi connectivity index (χ1) is 12.9. The Morgan fingerprint density at radius 2 is 1.27 bits per heavy atom. The molecule has 3 aromatic carbocycles. The molecule has 4 rings (SSSR count). The number of allylic oxidation sites excluding steroid dienone is 2. The summed E-state index contributed by atoms with van der Waals surface area (Å²) in [5, 5.41) is 3.00. The highest BCUT2D eigenvalue weighted by molar-refractivity contribution is 7.73. The summed E-state index contributed by atoms with van der Waals surface area (Å²) in [7, 11) is -0.247. The first-order valence-electron chi connectivity index (χ1n) is 9.57. The molecule has 0 saturated heterocycles. The van der Waals surface area contributed by atoms with Gasteiger partial charge in [-0.3, -0.25) is 0 Å². The van der Waals surface area contributed by atoms with Crippen molar-refractivity contribution in [3.8, 4) is 0 Å². The van der Waals surface area contributed by atoms with Gasteiger partial charge in [-0.15, -0.1) is 0 Å². The minimum Gasteiger partial charge on any atom is -0.0763 e. The highest BCUT2D eigenvalue weighted by atomic mass is 31.1. The van der Waals surface area contributed by atoms with E-state index in [-0.39, 0.29) is 7.92 Å². The van der Waals surface area contributed by atoms with Crippen LogP contribution >= 0.6 is 7.92 Å². The lowest BCUT2D eigenvalue weighted by Crippen LogP contribution is -2.13. The summed E-state index contributed by atoms with van der Waals surface area (Å²) in [5.41, 5.74) is 4.54. The van der Waals surface area contributed by atoms with Gasteiger partial charge in [0.25, 0.3) is 0 Å². The molecule has 1 heteroatoms. The lowest BCUT2D eigenvalue weighted by atomic mass is 10.0. The van der Waals surface area contributed by atoms with Gasteiger partial charge < -0.3 is 0 Å². The summed E-state index contributed by atoms with van der Waals surface area (Å²) >= 11 is 0. The van der Waals surface area contributed by atoms with Crippen LogP contribution in [0, 0.1) is 0 Å². The molecule has 0 bridgehead atoms. The summed E-state index contributed by atoms with van der Waals surface area (Å²) in [4.78, 5) is 0. The molecule has 0 atom stereocenters. The molecule has 1 aliphatic rings. The van der Waals surface area contributed by atoms with Crippen LogP contribution in [0.15, 0.2) is 91.0 Å². The zero-order chi connectivity index (χ0) is 17.6. The summed E-state index contributed by atoms with van der Waals surface area (Å²) in [6.45, 7) is 0. The standard InChI is InChI=1S/C25H25P/c1-3-13-23(14-4-1)26(24-15-5-2-6-16-24)20-10-9-12-22-19-18-21-11-7-8-17-25(21)22/h1-8,11,13-17,19H,9-10,12,18,20H2. The largest absolute Gasteiger partial charge is 0.0763 e. The van der Waals surface area contributed by atoms with E-state index in [9.17, 15) is 0 Å². The maximum Gasteiger partial charge on any atom is -0.00854 e. The maximum absolute atomic E-state index is 2.43. The van der Waals surface area contributed by atoms with Crippen molar-refractivity contribution in [1.29, 1.82) is 0 Å². The number of hydrogen-bond donors (Lipinski definition) is 0. The first-order valence-corrected chi connectivity index (χ1v) is 11.1. The summed E-state index contributed by atoms with van der Waals surface area (Å²) < 4.78 is 0. The molecule has 26 heavy (non-hydrogen) atoms. The lowest BCUT2D eigenvalue weighted by Gasteiger charge is -2.18. The molecule has 0 fully saturated rings. The van der Waals surface area contributed by atoms with Gasteiger partial charge in [-0.25, -0.2) is 0 Å². The zero-order valence-corrected chi connectivity index (χ0v) is 16.0. The van der Waals surface area contributed by atoms with Gasteiger partial charge in [0.15, 0.2) is 0 Å². The molecule has 0 heterocycles. The van der Waals surface area contributed by atoms with Crippen LogP contribution < -0.4 is 10.6 Å². The van der Waals surface area contributed by atoms with Gasteiger partial charge >= 0.3 is 0 Å². The molecule has 0 amide bonds. The molecule has 0 radical (unpaired) electrons. The Morgan fingerprint density at radius 1 is 0.654 bits per heavy atom. The van der Waals surface area contributed by atoms with E-state index in [0.717, 1.165) is 6.42 Å². The molecule has 0 spiro atoms. The third-order valence-corrected chi connectivity index (χ3v) is 7.75. The molecular weight excluding hydrogens is 331 g/mol. The Bertz CT molecular complexity index is 825. The number of benzene rings is 3. The van der Waals surface area contributed by atoms with Crippen LogP contribution in [-0.2, 0) is 6.42 Å². The van der Waals surface area contributed by atoms with Crippen LogP contribution in [0.1, 0.15) is 30.4 Å². The predicted molar refractivity (Wildman–Crippen MR) is 116 cm³/mol. The van der Waals surface area contributed by atoms with Crippen molar-refractivity contribution in [2.45, 2.75) is 25.7 Å². The summed E-state index contributed by atoms with van der Waals surface area (Å²) in [6, 6.07) is 31.0. The van der Waals surface area contributed by atoms with Crippen LogP contribution in [0.2, 0.25) is 0 Å². The minimum absolute atomic E-state index is 0.247. The van der Waals surface area contributed by atoms with E-state index in [2.05, 4.69) is 91.0 Å². The Balaban J connectivity index is 1.39. The minimum atomic E-state index is -0.247. The van der Waals surface area contributed by atoms with Crippen molar-refractivity contribution in [1.82, 2.24) is 0 Å². The van der Waals surface area contributed by atoms with Crippen molar-refractivity contribution in [3.63, 3.8) is 0 Å². The molecule has 3 aromatic rings. The second kappa shape index (κ2) is 8.47. The van der Waals surface area contributed by atoms with Crippen LogP contribution in [0.5, 0.6) is 0 Å². The molecule has 0 aliphatic heterocycles. The van der Waals surface area contributed by atoms with Crippen LogP contribution in [0.4, 0.5) is 0 Å². The van der Waals surface area contributed by atoms with Gasteiger partial charge in [0.05, 0.1) is 0 Å². The van der Waals surface area contributed by atoms with E-state index < -0.39 is 0 Å². The zero-order valence-electron chi connectivity index (χ0n) is 15.1.